The van der Waals surface area contributed by atoms with Crippen LogP contribution in [-0.4, -0.2) is 49.7 Å². The van der Waals surface area contributed by atoms with Gasteiger partial charge < -0.3 is 4.90 Å². The summed E-state index contributed by atoms with van der Waals surface area (Å²) in [6.07, 6.45) is 18.4. The lowest BCUT2D eigenvalue weighted by molar-refractivity contribution is 0.175. The fourth-order valence-electron chi connectivity index (χ4n) is 4.48. The Morgan fingerprint density at radius 1 is 0.862 bits per heavy atom. The molecule has 2 aromatic rings. The van der Waals surface area contributed by atoms with E-state index in [0.717, 1.165) is 42.1 Å². The third-order valence-corrected chi connectivity index (χ3v) is 6.16. The monoisotopic (exact) mass is 392 g/mol. The molecule has 0 spiro atoms. The van der Waals surface area contributed by atoms with Crippen LogP contribution in [0, 0.1) is 20.3 Å². The lowest BCUT2D eigenvalue weighted by Gasteiger charge is -2.46. The number of rotatable bonds is 6. The van der Waals surface area contributed by atoms with E-state index in [1.807, 2.05) is 12.4 Å². The summed E-state index contributed by atoms with van der Waals surface area (Å²) in [4.78, 5) is 20.5. The Balaban J connectivity index is 1.56. The van der Waals surface area contributed by atoms with E-state index in [4.69, 9.17) is 9.97 Å². The van der Waals surface area contributed by atoms with Crippen molar-refractivity contribution < 1.29 is 0 Å². The maximum atomic E-state index is 4.72. The predicted molar refractivity (Wildman–Crippen MR) is 113 cm³/mol. The van der Waals surface area contributed by atoms with Crippen molar-refractivity contribution in [2.75, 3.05) is 16.5 Å². The molecule has 0 N–H and O–H groups in total. The summed E-state index contributed by atoms with van der Waals surface area (Å²) in [6, 6.07) is 1.10. The molecule has 0 amide bonds. The van der Waals surface area contributed by atoms with Crippen molar-refractivity contribution >= 4 is 11.6 Å². The summed E-state index contributed by atoms with van der Waals surface area (Å²) in [7, 11) is 0. The van der Waals surface area contributed by atoms with Crippen molar-refractivity contribution in [3.63, 3.8) is 0 Å². The van der Waals surface area contributed by atoms with Crippen LogP contribution in [0.5, 0.6) is 0 Å². The molecule has 3 fully saturated rings. The van der Waals surface area contributed by atoms with E-state index in [1.54, 1.807) is 12.7 Å². The molecule has 1 saturated heterocycles. The topological polar surface area (TPSA) is 61.3 Å². The Hall–Kier alpha value is -2.28. The van der Waals surface area contributed by atoms with Gasteiger partial charge in [-0.15, -0.1) is 0 Å². The maximum absolute atomic E-state index is 4.72. The number of anilines is 2. The van der Waals surface area contributed by atoms with Crippen LogP contribution < -0.4 is 9.91 Å². The second-order valence-corrected chi connectivity index (χ2v) is 8.60. The Kier molecular flexibility index (Phi) is 5.08. The zero-order valence-corrected chi connectivity index (χ0v) is 17.4. The van der Waals surface area contributed by atoms with Gasteiger partial charge in [-0.05, 0) is 65.2 Å². The minimum atomic E-state index is 0.282. The molecule has 7 nitrogen and oxygen atoms in total. The van der Waals surface area contributed by atoms with Crippen molar-refractivity contribution in [1.82, 2.24) is 24.9 Å². The van der Waals surface area contributed by atoms with Crippen molar-refractivity contribution in [3.05, 3.63) is 42.6 Å². The molecule has 0 bridgehead atoms. The SMILES string of the molecule is Cc1cncnc1N(C1CC1)C1CCC[CH]CN1N(c1ncncc1C)C1CC1. The first-order valence-corrected chi connectivity index (χ1v) is 10.9. The van der Waals surface area contributed by atoms with Gasteiger partial charge in [0.2, 0.25) is 0 Å². The molecule has 3 aliphatic rings. The zero-order chi connectivity index (χ0) is 19.8. The fraction of sp³-hybridized carbons (Fsp3) is 0.591. The summed E-state index contributed by atoms with van der Waals surface area (Å²) in [5.41, 5.74) is 2.29. The Morgan fingerprint density at radius 3 is 2.14 bits per heavy atom. The number of aromatic nitrogens is 4. The third-order valence-electron chi connectivity index (χ3n) is 6.16. The molecule has 29 heavy (non-hydrogen) atoms. The molecule has 1 atom stereocenters. The summed E-state index contributed by atoms with van der Waals surface area (Å²) in [5, 5.41) is 5.05. The zero-order valence-electron chi connectivity index (χ0n) is 17.4. The molecule has 1 radical (unpaired) electrons. The lowest BCUT2D eigenvalue weighted by atomic mass is 10.1. The van der Waals surface area contributed by atoms with Gasteiger partial charge in [0, 0.05) is 42.1 Å². The number of hydrogen-bond acceptors (Lipinski definition) is 7. The first-order valence-electron chi connectivity index (χ1n) is 10.9. The number of nitrogens with zero attached hydrogens (tertiary/aromatic N) is 7. The normalized spacial score (nSPS) is 22.9. The molecule has 153 valence electrons. The highest BCUT2D eigenvalue weighted by Gasteiger charge is 2.44. The van der Waals surface area contributed by atoms with E-state index < -0.39 is 0 Å². The molecule has 1 unspecified atom stereocenters. The van der Waals surface area contributed by atoms with Crippen LogP contribution >= 0.6 is 0 Å². The molecule has 0 aromatic carbocycles. The first-order chi connectivity index (χ1) is 14.2. The smallest absolute Gasteiger partial charge is 0.149 e. The van der Waals surface area contributed by atoms with Crippen molar-refractivity contribution in [2.24, 2.45) is 0 Å². The van der Waals surface area contributed by atoms with E-state index in [-0.39, 0.29) is 6.17 Å². The Bertz CT molecular complexity index is 779. The van der Waals surface area contributed by atoms with Gasteiger partial charge >= 0.3 is 0 Å². The second kappa shape index (κ2) is 7.86. The highest BCUT2D eigenvalue weighted by Crippen LogP contribution is 2.40. The summed E-state index contributed by atoms with van der Waals surface area (Å²) in [6.45, 7) is 5.19. The quantitative estimate of drug-likeness (QED) is 0.746. The van der Waals surface area contributed by atoms with Crippen LogP contribution in [-0.2, 0) is 0 Å². The molecule has 5 rings (SSSR count). The van der Waals surface area contributed by atoms with E-state index in [0.29, 0.717) is 12.1 Å². The molecule has 7 heteroatoms. The molecule has 2 saturated carbocycles. The van der Waals surface area contributed by atoms with Crippen LogP contribution in [0.1, 0.15) is 56.1 Å². The van der Waals surface area contributed by atoms with Gasteiger partial charge in [-0.25, -0.2) is 19.9 Å². The molecular formula is C22H30N7. The summed E-state index contributed by atoms with van der Waals surface area (Å²) < 4.78 is 0. The van der Waals surface area contributed by atoms with Crippen LogP contribution in [0.25, 0.3) is 0 Å². The fourth-order valence-corrected chi connectivity index (χ4v) is 4.48. The Labute approximate surface area is 173 Å². The van der Waals surface area contributed by atoms with Gasteiger partial charge in [0.1, 0.15) is 30.5 Å². The number of hydrogen-bond donors (Lipinski definition) is 0. The number of aryl methyl sites for hydroxylation is 2. The highest BCUT2D eigenvalue weighted by molar-refractivity contribution is 5.50. The van der Waals surface area contributed by atoms with Crippen LogP contribution in [0.4, 0.5) is 11.6 Å². The summed E-state index contributed by atoms with van der Waals surface area (Å²) in [5.74, 6) is 2.15. The molecule has 1 aliphatic heterocycles. The molecule has 2 aromatic heterocycles. The van der Waals surface area contributed by atoms with Crippen LogP contribution in [0.15, 0.2) is 25.0 Å². The maximum Gasteiger partial charge on any atom is 0.149 e. The van der Waals surface area contributed by atoms with Gasteiger partial charge in [0.25, 0.3) is 0 Å². The highest BCUT2D eigenvalue weighted by atomic mass is 15.7. The molecule has 2 aliphatic carbocycles. The minimum Gasteiger partial charge on any atom is -0.336 e. The van der Waals surface area contributed by atoms with E-state index in [9.17, 15) is 0 Å². The van der Waals surface area contributed by atoms with Crippen LogP contribution in [0.2, 0.25) is 0 Å². The standard InChI is InChI=1S/C22H30N7/c1-16-12-23-14-25-21(16)28(18-7-8-18)20-6-4-3-5-11-27(20)29(19-9-10-19)22-17(2)13-24-15-26-22/h5,12-15,18-20H,3-4,6-11H2,1-2H3. The third kappa shape index (κ3) is 3.80. The van der Waals surface area contributed by atoms with E-state index in [1.165, 1.54) is 32.1 Å². The minimum absolute atomic E-state index is 0.282. The van der Waals surface area contributed by atoms with Gasteiger partial charge in [0.05, 0.1) is 0 Å². The van der Waals surface area contributed by atoms with Gasteiger partial charge in [-0.2, -0.15) is 5.01 Å². The van der Waals surface area contributed by atoms with Gasteiger partial charge in [-0.3, -0.25) is 5.01 Å². The van der Waals surface area contributed by atoms with E-state index >= 15 is 0 Å². The van der Waals surface area contributed by atoms with Gasteiger partial charge in [-0.1, -0.05) is 0 Å². The lowest BCUT2D eigenvalue weighted by Crippen LogP contribution is -2.58. The average molecular weight is 393 g/mol. The summed E-state index contributed by atoms with van der Waals surface area (Å²) >= 11 is 0. The number of hydrazine groups is 1. The second-order valence-electron chi connectivity index (χ2n) is 8.60. The average Bonchev–Trinajstić information content (AvgIpc) is 3.61. The van der Waals surface area contributed by atoms with Gasteiger partial charge in [0.15, 0.2) is 0 Å². The van der Waals surface area contributed by atoms with Crippen molar-refractivity contribution in [3.8, 4) is 0 Å². The van der Waals surface area contributed by atoms with E-state index in [2.05, 4.69) is 45.2 Å². The van der Waals surface area contributed by atoms with Crippen molar-refractivity contribution in [2.45, 2.75) is 77.0 Å². The first kappa shape index (κ1) is 18.7. The predicted octanol–water partition coefficient (Wildman–Crippen LogP) is 3.45. The largest absolute Gasteiger partial charge is 0.336 e. The molecular weight excluding hydrogens is 362 g/mol. The Morgan fingerprint density at radius 2 is 1.52 bits per heavy atom. The van der Waals surface area contributed by atoms with Crippen molar-refractivity contribution in [1.29, 1.82) is 0 Å². The molecule has 3 heterocycles. The van der Waals surface area contributed by atoms with Crippen LogP contribution in [0.3, 0.4) is 0 Å².